The molecule has 1 saturated carbocycles. The van der Waals surface area contributed by atoms with E-state index in [1.807, 2.05) is 12.3 Å². The highest BCUT2D eigenvalue weighted by atomic mass is 15.0. The molecule has 0 saturated heterocycles. The van der Waals surface area contributed by atoms with Crippen molar-refractivity contribution in [1.29, 1.82) is 0 Å². The van der Waals surface area contributed by atoms with E-state index >= 15 is 0 Å². The van der Waals surface area contributed by atoms with Gasteiger partial charge in [-0.05, 0) is 55.7 Å². The topological polar surface area (TPSA) is 17.8 Å². The van der Waals surface area contributed by atoms with Crippen molar-refractivity contribution in [2.45, 2.75) is 32.2 Å². The maximum Gasteiger partial charge on any atom is 0.0883 e. The minimum absolute atomic E-state index is 0.955. The van der Waals surface area contributed by atoms with Crippen LogP contribution >= 0.6 is 0 Å². The second kappa shape index (κ2) is 3.09. The quantitative estimate of drug-likeness (QED) is 0.710. The predicted octanol–water partition coefficient (Wildman–Crippen LogP) is 3.01. The Morgan fingerprint density at radius 2 is 2.12 bits per heavy atom. The van der Waals surface area contributed by atoms with E-state index in [2.05, 4.69) is 21.7 Å². The van der Waals surface area contributed by atoms with Crippen LogP contribution < -0.4 is 0 Å². The minimum Gasteiger partial charge on any atom is -0.343 e. The van der Waals surface area contributed by atoms with Crippen molar-refractivity contribution >= 4 is 11.0 Å². The summed E-state index contributed by atoms with van der Waals surface area (Å²) in [6.45, 7) is 1.20. The molecule has 2 aromatic rings. The Bertz CT molecular complexity index is 537. The Balaban J connectivity index is 1.80. The predicted molar refractivity (Wildman–Crippen MR) is 64.3 cm³/mol. The Morgan fingerprint density at radius 1 is 1.19 bits per heavy atom. The van der Waals surface area contributed by atoms with Gasteiger partial charge in [-0.2, -0.15) is 0 Å². The van der Waals surface area contributed by atoms with E-state index in [4.69, 9.17) is 0 Å². The molecular weight excluding hydrogens is 196 g/mol. The van der Waals surface area contributed by atoms with Gasteiger partial charge >= 0.3 is 0 Å². The Morgan fingerprint density at radius 3 is 3.00 bits per heavy atom. The summed E-state index contributed by atoms with van der Waals surface area (Å²) >= 11 is 0. The average molecular weight is 212 g/mol. The van der Waals surface area contributed by atoms with Crippen molar-refractivity contribution in [2.24, 2.45) is 11.8 Å². The molecule has 0 aromatic carbocycles. The zero-order valence-electron chi connectivity index (χ0n) is 9.39. The molecule has 82 valence electrons. The molecule has 0 spiro atoms. The maximum absolute atomic E-state index is 4.45. The summed E-state index contributed by atoms with van der Waals surface area (Å²) in [4.78, 5) is 4.45. The fraction of sp³-hybridized carbons (Fsp3) is 0.500. The highest BCUT2D eigenvalue weighted by Crippen LogP contribution is 2.42. The monoisotopic (exact) mass is 212 g/mol. The maximum atomic E-state index is 4.45. The summed E-state index contributed by atoms with van der Waals surface area (Å²) in [6.07, 6.45) is 7.50. The smallest absolute Gasteiger partial charge is 0.0883 e. The van der Waals surface area contributed by atoms with Crippen molar-refractivity contribution in [2.75, 3.05) is 0 Å². The number of hydrogen-bond acceptors (Lipinski definition) is 1. The minimum atomic E-state index is 0.955. The first kappa shape index (κ1) is 8.80. The molecule has 0 N–H and O–H groups in total. The summed E-state index contributed by atoms with van der Waals surface area (Å²) in [7, 11) is 0. The first-order valence-electron chi connectivity index (χ1n) is 6.35. The number of nitrogens with zero attached hydrogens (tertiary/aromatic N) is 2. The van der Waals surface area contributed by atoms with Crippen molar-refractivity contribution in [3.05, 3.63) is 30.1 Å². The molecule has 1 aliphatic carbocycles. The molecule has 1 aliphatic heterocycles. The van der Waals surface area contributed by atoms with Crippen molar-refractivity contribution < 1.29 is 0 Å². The van der Waals surface area contributed by atoms with Gasteiger partial charge in [0, 0.05) is 18.4 Å². The Kier molecular flexibility index (Phi) is 1.70. The van der Waals surface area contributed by atoms with Crippen LogP contribution in [0.5, 0.6) is 0 Å². The lowest BCUT2D eigenvalue weighted by Gasteiger charge is -2.24. The Hall–Kier alpha value is -1.31. The lowest BCUT2D eigenvalue weighted by Crippen LogP contribution is -2.19. The molecular formula is C14H16N2. The van der Waals surface area contributed by atoms with Crippen LogP contribution in [0.15, 0.2) is 24.4 Å². The van der Waals surface area contributed by atoms with Gasteiger partial charge in [0.2, 0.25) is 0 Å². The van der Waals surface area contributed by atoms with E-state index in [1.165, 1.54) is 49.0 Å². The molecule has 1 unspecified atom stereocenters. The van der Waals surface area contributed by atoms with Gasteiger partial charge in [-0.1, -0.05) is 0 Å². The average Bonchev–Trinajstić information content (AvgIpc) is 3.10. The second-order valence-electron chi connectivity index (χ2n) is 5.29. The van der Waals surface area contributed by atoms with Gasteiger partial charge < -0.3 is 4.57 Å². The third-order valence-electron chi connectivity index (χ3n) is 4.24. The molecule has 16 heavy (non-hydrogen) atoms. The zero-order valence-corrected chi connectivity index (χ0v) is 9.39. The van der Waals surface area contributed by atoms with Gasteiger partial charge in [0.15, 0.2) is 0 Å². The van der Waals surface area contributed by atoms with Crippen LogP contribution in [0.3, 0.4) is 0 Å². The van der Waals surface area contributed by atoms with Crippen LogP contribution in [0.2, 0.25) is 0 Å². The molecule has 1 atom stereocenters. The standard InChI is InChI=1S/C14H16N2/c1-2-14-13(15-6-1)9-12-8-11(10-3-4-10)5-7-16(12)14/h1-2,6,9-11H,3-5,7-8H2. The summed E-state index contributed by atoms with van der Waals surface area (Å²) in [6, 6.07) is 6.54. The zero-order chi connectivity index (χ0) is 10.5. The number of rotatable bonds is 1. The third kappa shape index (κ3) is 1.22. The summed E-state index contributed by atoms with van der Waals surface area (Å²) in [5, 5.41) is 0. The number of aromatic nitrogens is 2. The van der Waals surface area contributed by atoms with Crippen molar-refractivity contribution in [3.8, 4) is 0 Å². The molecule has 0 amide bonds. The second-order valence-corrected chi connectivity index (χ2v) is 5.29. The molecule has 0 bridgehead atoms. The lowest BCUT2D eigenvalue weighted by atomic mass is 9.91. The highest BCUT2D eigenvalue weighted by molar-refractivity contribution is 5.77. The van der Waals surface area contributed by atoms with Crippen LogP contribution in [0.4, 0.5) is 0 Å². The first-order chi connectivity index (χ1) is 7.92. The van der Waals surface area contributed by atoms with Crippen LogP contribution in [0, 0.1) is 11.8 Å². The van der Waals surface area contributed by atoms with Gasteiger partial charge in [0.25, 0.3) is 0 Å². The molecule has 2 aromatic heterocycles. The number of fused-ring (bicyclic) bond motifs is 3. The van der Waals surface area contributed by atoms with Crippen LogP contribution in [-0.4, -0.2) is 9.55 Å². The van der Waals surface area contributed by atoms with Gasteiger partial charge in [-0.3, -0.25) is 4.98 Å². The number of aryl methyl sites for hydroxylation is 1. The van der Waals surface area contributed by atoms with Gasteiger partial charge in [0.05, 0.1) is 11.0 Å². The Labute approximate surface area is 95.3 Å². The molecule has 1 fully saturated rings. The van der Waals surface area contributed by atoms with E-state index < -0.39 is 0 Å². The molecule has 4 rings (SSSR count). The van der Waals surface area contributed by atoms with Gasteiger partial charge in [-0.25, -0.2) is 0 Å². The number of pyridine rings is 1. The van der Waals surface area contributed by atoms with E-state index in [0.717, 1.165) is 11.8 Å². The van der Waals surface area contributed by atoms with Crippen LogP contribution in [0.1, 0.15) is 25.0 Å². The van der Waals surface area contributed by atoms with E-state index in [-0.39, 0.29) is 0 Å². The van der Waals surface area contributed by atoms with Gasteiger partial charge in [0.1, 0.15) is 0 Å². The highest BCUT2D eigenvalue weighted by Gasteiger charge is 2.33. The number of hydrogen-bond donors (Lipinski definition) is 0. The molecule has 0 radical (unpaired) electrons. The first-order valence-corrected chi connectivity index (χ1v) is 6.35. The summed E-state index contributed by atoms with van der Waals surface area (Å²) < 4.78 is 2.47. The molecule has 3 heterocycles. The molecule has 2 nitrogen and oxygen atoms in total. The van der Waals surface area contributed by atoms with E-state index in [0.29, 0.717) is 0 Å². The van der Waals surface area contributed by atoms with Crippen LogP contribution in [-0.2, 0) is 13.0 Å². The van der Waals surface area contributed by atoms with Crippen LogP contribution in [0.25, 0.3) is 11.0 Å². The summed E-state index contributed by atoms with van der Waals surface area (Å²) in [5.74, 6) is 2.00. The third-order valence-corrected chi connectivity index (χ3v) is 4.24. The lowest BCUT2D eigenvalue weighted by molar-refractivity contribution is 0.355. The van der Waals surface area contributed by atoms with E-state index in [9.17, 15) is 0 Å². The fourth-order valence-electron chi connectivity index (χ4n) is 3.21. The SMILES string of the molecule is c1cnc2cc3n(c2c1)CCC(C1CC1)C3. The van der Waals surface area contributed by atoms with E-state index in [1.54, 1.807) is 0 Å². The van der Waals surface area contributed by atoms with Crippen molar-refractivity contribution in [1.82, 2.24) is 9.55 Å². The van der Waals surface area contributed by atoms with Crippen molar-refractivity contribution in [3.63, 3.8) is 0 Å². The van der Waals surface area contributed by atoms with Gasteiger partial charge in [-0.15, -0.1) is 0 Å². The fourth-order valence-corrected chi connectivity index (χ4v) is 3.21. The molecule has 2 aliphatic rings. The summed E-state index contributed by atoms with van der Waals surface area (Å²) in [5.41, 5.74) is 4.01. The largest absolute Gasteiger partial charge is 0.343 e. The molecule has 2 heteroatoms. The normalized spacial score (nSPS) is 24.6.